The molecule has 0 atom stereocenters. The van der Waals surface area contributed by atoms with Crippen molar-refractivity contribution in [1.29, 1.82) is 0 Å². The second-order valence-electron chi connectivity index (χ2n) is 7.23. The minimum absolute atomic E-state index is 0. The van der Waals surface area contributed by atoms with E-state index in [1.165, 1.54) is 0 Å². The quantitative estimate of drug-likeness (QED) is 0.828. The molecule has 25 heavy (non-hydrogen) atoms. The summed E-state index contributed by atoms with van der Waals surface area (Å²) in [6, 6.07) is 5.93. The maximum absolute atomic E-state index is 12.7. The number of amides is 1. The van der Waals surface area contributed by atoms with E-state index in [2.05, 4.69) is 19.2 Å². The van der Waals surface area contributed by atoms with Gasteiger partial charge >= 0.3 is 0 Å². The molecule has 1 aromatic carbocycles. The number of hydrogen-bond acceptors (Lipinski definition) is 5. The van der Waals surface area contributed by atoms with Gasteiger partial charge in [0.2, 0.25) is 12.7 Å². The average molecular weight is 371 g/mol. The predicted octanol–water partition coefficient (Wildman–Crippen LogP) is 1.99. The van der Waals surface area contributed by atoms with Crippen LogP contribution in [0, 0.1) is 5.41 Å². The monoisotopic (exact) mass is 370 g/mol. The van der Waals surface area contributed by atoms with Crippen LogP contribution in [0.3, 0.4) is 0 Å². The van der Waals surface area contributed by atoms with E-state index < -0.39 is 5.41 Å². The van der Waals surface area contributed by atoms with Gasteiger partial charge in [-0.3, -0.25) is 4.79 Å². The van der Waals surface area contributed by atoms with E-state index in [1.54, 1.807) is 0 Å². The standard InChI is InChI=1S/C18H26N2O4.ClH/c1-17(2,13-3-4-14-15(9-13)24-12-23-14)11-20-16(21)18(10-19)5-7-22-8-6-18;/h3-4,9H,5-8,10-12,19H2,1-2H3,(H,20,21);1H. The molecule has 1 fully saturated rings. The number of carbonyl (C=O) groups excluding carboxylic acids is 1. The number of carbonyl (C=O) groups is 1. The van der Waals surface area contributed by atoms with Gasteiger partial charge in [-0.1, -0.05) is 19.9 Å². The third-order valence-electron chi connectivity index (χ3n) is 5.17. The summed E-state index contributed by atoms with van der Waals surface area (Å²) >= 11 is 0. The molecule has 2 heterocycles. The third-order valence-corrected chi connectivity index (χ3v) is 5.17. The lowest BCUT2D eigenvalue weighted by molar-refractivity contribution is -0.136. The zero-order valence-electron chi connectivity index (χ0n) is 14.8. The van der Waals surface area contributed by atoms with Crippen LogP contribution in [0.1, 0.15) is 32.3 Å². The highest BCUT2D eigenvalue weighted by Crippen LogP contribution is 2.36. The van der Waals surface area contributed by atoms with Crippen LogP contribution in [0.5, 0.6) is 11.5 Å². The zero-order valence-corrected chi connectivity index (χ0v) is 15.6. The van der Waals surface area contributed by atoms with Gasteiger partial charge in [0.1, 0.15) is 0 Å². The van der Waals surface area contributed by atoms with Crippen molar-refractivity contribution in [3.8, 4) is 11.5 Å². The Morgan fingerprint density at radius 1 is 1.24 bits per heavy atom. The fraction of sp³-hybridized carbons (Fsp3) is 0.611. The Kier molecular flexibility index (Phi) is 6.19. The molecule has 2 aliphatic heterocycles. The van der Waals surface area contributed by atoms with E-state index in [-0.39, 0.29) is 30.5 Å². The molecular formula is C18H27ClN2O4. The second kappa shape index (κ2) is 7.81. The van der Waals surface area contributed by atoms with Crippen molar-refractivity contribution in [2.75, 3.05) is 33.1 Å². The van der Waals surface area contributed by atoms with Crippen molar-refractivity contribution in [2.24, 2.45) is 11.1 Å². The zero-order chi connectivity index (χ0) is 17.2. The lowest BCUT2D eigenvalue weighted by Gasteiger charge is -2.36. The van der Waals surface area contributed by atoms with Gasteiger partial charge in [0.15, 0.2) is 11.5 Å². The minimum atomic E-state index is -0.497. The molecule has 0 spiro atoms. The van der Waals surface area contributed by atoms with Crippen LogP contribution in [0.25, 0.3) is 0 Å². The van der Waals surface area contributed by atoms with Crippen LogP contribution >= 0.6 is 12.4 Å². The first-order chi connectivity index (χ1) is 11.5. The molecule has 3 rings (SSSR count). The molecule has 0 aromatic heterocycles. The smallest absolute Gasteiger partial charge is 0.231 e. The molecule has 1 amide bonds. The van der Waals surface area contributed by atoms with E-state index in [1.807, 2.05) is 18.2 Å². The highest BCUT2D eigenvalue weighted by Gasteiger charge is 2.39. The fourth-order valence-corrected chi connectivity index (χ4v) is 3.19. The van der Waals surface area contributed by atoms with Crippen molar-refractivity contribution in [3.05, 3.63) is 23.8 Å². The summed E-state index contributed by atoms with van der Waals surface area (Å²) in [5.41, 5.74) is 6.28. The Balaban J connectivity index is 0.00000225. The average Bonchev–Trinajstić information content (AvgIpc) is 3.08. The molecule has 2 aliphatic rings. The summed E-state index contributed by atoms with van der Waals surface area (Å²) in [5, 5.41) is 3.10. The summed E-state index contributed by atoms with van der Waals surface area (Å²) < 4.78 is 16.2. The number of rotatable bonds is 5. The molecule has 1 saturated heterocycles. The van der Waals surface area contributed by atoms with Gasteiger partial charge < -0.3 is 25.3 Å². The van der Waals surface area contributed by atoms with Crippen LogP contribution in [0.4, 0.5) is 0 Å². The Bertz CT molecular complexity index is 615. The van der Waals surface area contributed by atoms with Gasteiger partial charge in [0.05, 0.1) is 5.41 Å². The van der Waals surface area contributed by atoms with Crippen molar-refractivity contribution in [2.45, 2.75) is 32.1 Å². The molecule has 0 bridgehead atoms. The van der Waals surface area contributed by atoms with Crippen LogP contribution < -0.4 is 20.5 Å². The number of benzene rings is 1. The maximum Gasteiger partial charge on any atom is 0.231 e. The summed E-state index contributed by atoms with van der Waals surface area (Å²) in [7, 11) is 0. The highest BCUT2D eigenvalue weighted by atomic mass is 35.5. The Morgan fingerprint density at radius 2 is 1.92 bits per heavy atom. The van der Waals surface area contributed by atoms with Gasteiger partial charge in [0, 0.05) is 31.7 Å². The number of ether oxygens (including phenoxy) is 3. The minimum Gasteiger partial charge on any atom is -0.454 e. The summed E-state index contributed by atoms with van der Waals surface area (Å²) in [6.45, 7) is 6.54. The summed E-state index contributed by atoms with van der Waals surface area (Å²) in [5.74, 6) is 1.56. The first-order valence-electron chi connectivity index (χ1n) is 8.43. The predicted molar refractivity (Wildman–Crippen MR) is 97.4 cm³/mol. The number of nitrogens with two attached hydrogens (primary N) is 1. The third kappa shape index (κ3) is 4.02. The molecule has 0 aliphatic carbocycles. The molecule has 140 valence electrons. The van der Waals surface area contributed by atoms with Crippen molar-refractivity contribution in [3.63, 3.8) is 0 Å². The lowest BCUT2D eigenvalue weighted by Crippen LogP contribution is -2.51. The number of hydrogen-bond donors (Lipinski definition) is 2. The normalized spacial score (nSPS) is 18.4. The van der Waals surface area contributed by atoms with Crippen molar-refractivity contribution >= 4 is 18.3 Å². The van der Waals surface area contributed by atoms with Crippen LogP contribution in [0.15, 0.2) is 18.2 Å². The molecule has 0 saturated carbocycles. The summed E-state index contributed by atoms with van der Waals surface area (Å²) in [4.78, 5) is 12.7. The van der Waals surface area contributed by atoms with Crippen LogP contribution in [-0.4, -0.2) is 39.0 Å². The SMILES string of the molecule is CC(C)(CNC(=O)C1(CN)CCOCC1)c1ccc2c(c1)OCO2.Cl. The number of halogens is 1. The Labute approximate surface area is 154 Å². The first-order valence-corrected chi connectivity index (χ1v) is 8.43. The first kappa shape index (κ1) is 19.8. The largest absolute Gasteiger partial charge is 0.454 e. The van der Waals surface area contributed by atoms with Gasteiger partial charge in [-0.05, 0) is 30.5 Å². The molecule has 0 radical (unpaired) electrons. The summed E-state index contributed by atoms with van der Waals surface area (Å²) in [6.07, 6.45) is 1.36. The van der Waals surface area contributed by atoms with E-state index in [4.69, 9.17) is 19.9 Å². The number of nitrogens with one attached hydrogen (secondary N) is 1. The van der Waals surface area contributed by atoms with Crippen LogP contribution in [-0.2, 0) is 14.9 Å². The molecule has 7 heteroatoms. The van der Waals surface area contributed by atoms with E-state index in [9.17, 15) is 4.79 Å². The molecular weight excluding hydrogens is 344 g/mol. The Morgan fingerprint density at radius 3 is 2.60 bits per heavy atom. The van der Waals surface area contributed by atoms with Crippen LogP contribution in [0.2, 0.25) is 0 Å². The highest BCUT2D eigenvalue weighted by molar-refractivity contribution is 5.85. The Hall–Kier alpha value is -1.50. The number of fused-ring (bicyclic) bond motifs is 1. The van der Waals surface area contributed by atoms with Gasteiger partial charge in [-0.15, -0.1) is 12.4 Å². The van der Waals surface area contributed by atoms with Crippen molar-refractivity contribution in [1.82, 2.24) is 5.32 Å². The van der Waals surface area contributed by atoms with Gasteiger partial charge in [0.25, 0.3) is 0 Å². The van der Waals surface area contributed by atoms with Gasteiger partial charge in [-0.2, -0.15) is 0 Å². The topological polar surface area (TPSA) is 82.8 Å². The molecule has 3 N–H and O–H groups in total. The van der Waals surface area contributed by atoms with E-state index >= 15 is 0 Å². The second-order valence-corrected chi connectivity index (χ2v) is 7.23. The molecule has 1 aromatic rings. The van der Waals surface area contributed by atoms with Gasteiger partial charge in [-0.25, -0.2) is 0 Å². The molecule has 6 nitrogen and oxygen atoms in total. The molecule has 0 unspecified atom stereocenters. The van der Waals surface area contributed by atoms with Crippen molar-refractivity contribution < 1.29 is 19.0 Å². The van der Waals surface area contributed by atoms with E-state index in [0.29, 0.717) is 39.1 Å². The maximum atomic E-state index is 12.7. The van der Waals surface area contributed by atoms with E-state index in [0.717, 1.165) is 17.1 Å². The lowest BCUT2D eigenvalue weighted by atomic mass is 9.78. The fourth-order valence-electron chi connectivity index (χ4n) is 3.19.